The van der Waals surface area contributed by atoms with Crippen molar-refractivity contribution in [3.8, 4) is 0 Å². The van der Waals surface area contributed by atoms with E-state index in [4.69, 9.17) is 9.47 Å². The van der Waals surface area contributed by atoms with Crippen LogP contribution in [0.2, 0.25) is 0 Å². The van der Waals surface area contributed by atoms with Crippen molar-refractivity contribution >= 4 is 40.0 Å². The number of nitrogens with one attached hydrogen (secondary N) is 2. The summed E-state index contributed by atoms with van der Waals surface area (Å²) in [5, 5.41) is 11.5. The monoisotopic (exact) mass is 838 g/mol. The number of fused-ring (bicyclic) bond motifs is 2. The topological polar surface area (TPSA) is 182 Å². The number of rotatable bonds is 8. The molecule has 3 aliphatic heterocycles. The van der Waals surface area contributed by atoms with Crippen LogP contribution in [0, 0.1) is 0 Å². The fourth-order valence-corrected chi connectivity index (χ4v) is 7.50. The van der Waals surface area contributed by atoms with Gasteiger partial charge in [0.1, 0.15) is 24.7 Å². The molecule has 3 aliphatic rings. The highest BCUT2D eigenvalue weighted by atomic mass is 32.2. The Morgan fingerprint density at radius 3 is 1.90 bits per heavy atom. The second-order valence-electron chi connectivity index (χ2n) is 14.0. The molecule has 2 N–H and O–H groups in total. The van der Waals surface area contributed by atoms with Gasteiger partial charge in [0, 0.05) is 43.7 Å². The van der Waals surface area contributed by atoms with Crippen molar-refractivity contribution in [2.24, 2.45) is 0 Å². The largest absolute Gasteiger partial charge is 0.523 e. The van der Waals surface area contributed by atoms with E-state index in [9.17, 15) is 36.0 Å². The molecule has 59 heavy (non-hydrogen) atoms. The zero-order chi connectivity index (χ0) is 41.6. The molecule has 0 saturated carbocycles. The number of ether oxygens (including phenoxy) is 2. The summed E-state index contributed by atoms with van der Waals surface area (Å²) in [6, 6.07) is 23.2. The zero-order valence-electron chi connectivity index (χ0n) is 31.5. The summed E-state index contributed by atoms with van der Waals surface area (Å²) in [4.78, 5) is 42.9. The Labute approximate surface area is 336 Å². The smallest absolute Gasteiger partial charge is 0.445 e. The predicted octanol–water partition coefficient (Wildman–Crippen LogP) is 6.72. The molecule has 2 saturated heterocycles. The number of amides is 2. The molecule has 2 aromatic carbocycles. The predicted molar refractivity (Wildman–Crippen MR) is 207 cm³/mol. The highest BCUT2D eigenvalue weighted by Crippen LogP contribution is 2.34. The maximum atomic E-state index is 12.7. The number of hydrogen-bond donors (Lipinski definition) is 2. The van der Waals surface area contributed by atoms with Gasteiger partial charge in [0.05, 0.1) is 23.5 Å². The Kier molecular flexibility index (Phi) is 12.4. The lowest BCUT2D eigenvalue weighted by molar-refractivity contribution is -0.0553. The van der Waals surface area contributed by atoms with Gasteiger partial charge < -0.3 is 19.8 Å². The molecule has 6 heterocycles. The first-order chi connectivity index (χ1) is 28.3. The molecule has 16 nitrogen and oxygen atoms in total. The number of piperidine rings is 2. The number of likely N-dealkylation sites (tertiary alicyclic amines) is 2. The molecule has 312 valence electrons. The second-order valence-corrected chi connectivity index (χ2v) is 15.6. The van der Waals surface area contributed by atoms with Gasteiger partial charge in [-0.25, -0.2) is 23.0 Å². The van der Waals surface area contributed by atoms with E-state index >= 15 is 0 Å². The summed E-state index contributed by atoms with van der Waals surface area (Å²) in [5.74, 6) is 0.234. The molecule has 5 aromatic rings. The van der Waals surface area contributed by atoms with E-state index in [0.717, 1.165) is 55.0 Å². The van der Waals surface area contributed by atoms with Crippen molar-refractivity contribution in [1.82, 2.24) is 34.2 Å². The first-order valence-electron chi connectivity index (χ1n) is 18.9. The Hall–Kier alpha value is -6.15. The molecule has 0 aliphatic carbocycles. The van der Waals surface area contributed by atoms with E-state index in [1.165, 1.54) is 16.9 Å². The van der Waals surface area contributed by atoms with E-state index in [1.54, 1.807) is 26.6 Å². The second kappa shape index (κ2) is 17.8. The maximum absolute atomic E-state index is 12.7. The average Bonchev–Trinajstić information content (AvgIpc) is 3.86. The molecule has 20 heteroatoms. The van der Waals surface area contributed by atoms with E-state index in [2.05, 4.69) is 24.7 Å². The van der Waals surface area contributed by atoms with Gasteiger partial charge in [-0.2, -0.15) is 31.8 Å². The summed E-state index contributed by atoms with van der Waals surface area (Å²) in [6.45, 7) is 1.49. The van der Waals surface area contributed by atoms with Crippen LogP contribution in [0.5, 0.6) is 0 Å². The van der Waals surface area contributed by atoms with Gasteiger partial charge in [-0.1, -0.05) is 60.7 Å². The van der Waals surface area contributed by atoms with Crippen molar-refractivity contribution in [3.63, 3.8) is 0 Å². The van der Waals surface area contributed by atoms with Crippen molar-refractivity contribution < 1.29 is 44.8 Å². The molecule has 2 fully saturated rings. The van der Waals surface area contributed by atoms with Gasteiger partial charge in [0.25, 0.3) is 5.56 Å². The van der Waals surface area contributed by atoms with E-state index in [-0.39, 0.29) is 36.7 Å². The van der Waals surface area contributed by atoms with E-state index in [1.807, 2.05) is 66.7 Å². The third kappa shape index (κ3) is 9.94. The van der Waals surface area contributed by atoms with Crippen LogP contribution in [0.1, 0.15) is 73.1 Å². The minimum atomic E-state index is -5.78. The van der Waals surface area contributed by atoms with Crippen LogP contribution >= 0.6 is 0 Å². The quantitative estimate of drug-likeness (QED) is 0.125. The molecule has 0 bridgehead atoms. The molecular formula is C39H41F3N8O8S. The lowest BCUT2D eigenvalue weighted by atomic mass is 10.00. The first-order valence-corrected chi connectivity index (χ1v) is 20.3. The number of aromatic nitrogens is 5. The van der Waals surface area contributed by atoms with Crippen LogP contribution in [0.4, 0.5) is 28.6 Å². The van der Waals surface area contributed by atoms with Crippen LogP contribution in [0.15, 0.2) is 95.9 Å². The number of carbonyl (C=O) groups is 2. The Morgan fingerprint density at radius 2 is 1.34 bits per heavy atom. The van der Waals surface area contributed by atoms with Crippen LogP contribution in [0.3, 0.4) is 0 Å². The Bertz CT molecular complexity index is 2440. The minimum absolute atomic E-state index is 0.125. The maximum Gasteiger partial charge on any atom is 0.523 e. The van der Waals surface area contributed by atoms with Gasteiger partial charge in [0.15, 0.2) is 6.23 Å². The molecule has 8 rings (SSSR count). The first kappa shape index (κ1) is 41.0. The zero-order valence-corrected chi connectivity index (χ0v) is 32.3. The number of hydrogen-bond acceptors (Lipinski definition) is 11. The fraction of sp³-hybridized carbons (Fsp3) is 0.359. The van der Waals surface area contributed by atoms with Crippen molar-refractivity contribution in [1.29, 1.82) is 0 Å². The third-order valence-electron chi connectivity index (χ3n) is 9.90. The average molecular weight is 839 g/mol. The van der Waals surface area contributed by atoms with Gasteiger partial charge in [-0.05, 0) is 55.7 Å². The highest BCUT2D eigenvalue weighted by Gasteiger charge is 2.49. The molecule has 0 spiro atoms. The van der Waals surface area contributed by atoms with Crippen LogP contribution < -0.4 is 10.9 Å². The van der Waals surface area contributed by atoms with Gasteiger partial charge in [-0.3, -0.25) is 14.6 Å². The van der Waals surface area contributed by atoms with Crippen LogP contribution in [0.25, 0.3) is 11.8 Å². The molecule has 3 aromatic heterocycles. The lowest BCUT2D eigenvalue weighted by Gasteiger charge is -2.33. The Balaban J connectivity index is 0.000000184. The lowest BCUT2D eigenvalue weighted by Crippen LogP contribution is -2.39. The normalized spacial score (nSPS) is 19.3. The van der Waals surface area contributed by atoms with Gasteiger partial charge in [-0.15, -0.1) is 0 Å². The summed E-state index contributed by atoms with van der Waals surface area (Å²) >= 11 is 0. The molecule has 0 radical (unpaired) electrons. The number of benzene rings is 2. The minimum Gasteiger partial charge on any atom is -0.445 e. The summed E-state index contributed by atoms with van der Waals surface area (Å²) in [7, 11) is -5.78. The number of alkyl halides is 3. The fourth-order valence-electron chi connectivity index (χ4n) is 7.01. The number of carbonyl (C=O) groups excluding carboxylic acids is 2. The molecular weight excluding hydrogens is 798 g/mol. The van der Waals surface area contributed by atoms with Crippen molar-refractivity contribution in [2.45, 2.75) is 75.6 Å². The molecule has 1 unspecified atom stereocenters. The molecule has 2 amide bonds. The standard InChI is InChI=1S/C20H21F3N4O5S.C19H20N4O3/c21-20(22,23)33(29,30)32-18-9-11-27-17(24-18)12-15(25-27)16-8-4-5-10-26(16)19(28)31-13-14-6-2-1-3-7-14;24-18-9-11-23-17(20-18)12-15(21-23)16-8-4-5-10-22(16)19(25)26-13-14-6-2-1-3-7-14/h1-3,6-7,9,11-12,16,18,24H,4-5,8,10,13H2;1-3,6-7,9,11-12,16H,4-5,8,10,13H2,(H,20,24)/t16-,18?;16-/m00/s1. The molecule has 3 atom stereocenters. The number of aromatic amines is 1. The number of anilines is 1. The van der Waals surface area contributed by atoms with E-state index < -0.39 is 34.0 Å². The van der Waals surface area contributed by atoms with Gasteiger partial charge in [0.2, 0.25) is 0 Å². The number of nitrogens with zero attached hydrogens (tertiary/aromatic N) is 6. The summed E-state index contributed by atoms with van der Waals surface area (Å²) in [5.41, 5.74) is -2.01. The van der Waals surface area contributed by atoms with Crippen molar-refractivity contribution in [3.05, 3.63) is 124 Å². The highest BCUT2D eigenvalue weighted by molar-refractivity contribution is 7.87. The Morgan fingerprint density at radius 1 is 0.780 bits per heavy atom. The van der Waals surface area contributed by atoms with Crippen molar-refractivity contribution in [2.75, 3.05) is 18.4 Å². The summed E-state index contributed by atoms with van der Waals surface area (Å²) < 4.78 is 78.4. The number of H-pyrrole nitrogens is 1. The van der Waals surface area contributed by atoms with Crippen LogP contribution in [-0.2, 0) is 37.0 Å². The number of halogens is 3. The SMILES string of the molecule is O=C(OCc1ccccc1)N1CCCC[C@H]1c1cc2[nH]c(=O)ccn2n1.O=C(OCc1ccccc1)N1CCCC[C@H]1c1cc2n(n1)C=CC(OS(=O)(=O)C(F)(F)F)N2. The third-order valence-corrected chi connectivity index (χ3v) is 10.9. The van der Waals surface area contributed by atoms with E-state index in [0.29, 0.717) is 30.9 Å². The van der Waals surface area contributed by atoms with Crippen LogP contribution in [-0.4, -0.2) is 79.6 Å². The summed E-state index contributed by atoms with van der Waals surface area (Å²) in [6.07, 6.45) is 6.73. The van der Waals surface area contributed by atoms with Gasteiger partial charge >= 0.3 is 27.8 Å².